The first kappa shape index (κ1) is 17.1. The lowest BCUT2D eigenvalue weighted by molar-refractivity contribution is 0.407. The van der Waals surface area contributed by atoms with Gasteiger partial charge in [0, 0.05) is 10.9 Å². The summed E-state index contributed by atoms with van der Waals surface area (Å²) in [6.45, 7) is 2.58. The van der Waals surface area contributed by atoms with Gasteiger partial charge in [-0.15, -0.1) is 0 Å². The molecule has 3 nitrogen and oxygen atoms in total. The molecule has 27 heavy (non-hydrogen) atoms. The lowest BCUT2D eigenvalue weighted by Gasteiger charge is -2.18. The number of methoxy groups -OCH3 is 1. The van der Waals surface area contributed by atoms with Crippen LogP contribution in [0.3, 0.4) is 0 Å². The van der Waals surface area contributed by atoms with E-state index in [9.17, 15) is 4.79 Å². The number of ether oxygens (including phenoxy) is 1. The molecule has 0 aliphatic rings. The zero-order valence-electron chi connectivity index (χ0n) is 15.5. The maximum Gasteiger partial charge on any atom is 0.294 e. The summed E-state index contributed by atoms with van der Waals surface area (Å²) in [6.07, 6.45) is 0. The lowest BCUT2D eigenvalue weighted by atomic mass is 9.99. The first-order valence-electron chi connectivity index (χ1n) is 9.00. The molecule has 0 saturated carbocycles. The summed E-state index contributed by atoms with van der Waals surface area (Å²) in [7, 11) is 1.57. The monoisotopic (exact) mass is 355 g/mol. The molecule has 0 saturated heterocycles. The molecule has 0 bridgehead atoms. The fraction of sp³-hybridized carbons (Fsp3) is 0.125. The van der Waals surface area contributed by atoms with Gasteiger partial charge in [-0.3, -0.25) is 4.79 Å². The SMILES string of the molecule is COc1c(-c2ccccc2)c2ccccc2n(Cc2ccccc2C)c1=O. The van der Waals surface area contributed by atoms with E-state index in [1.54, 1.807) is 7.11 Å². The minimum Gasteiger partial charge on any atom is -0.491 e. The molecule has 3 heteroatoms. The predicted molar refractivity (Wildman–Crippen MR) is 110 cm³/mol. The molecular weight excluding hydrogens is 334 g/mol. The first-order valence-corrected chi connectivity index (χ1v) is 9.00. The Morgan fingerprint density at radius 1 is 0.852 bits per heavy atom. The summed E-state index contributed by atoms with van der Waals surface area (Å²) in [5.74, 6) is 0.383. The van der Waals surface area contributed by atoms with E-state index in [1.165, 1.54) is 5.56 Å². The van der Waals surface area contributed by atoms with Crippen LogP contribution in [0.2, 0.25) is 0 Å². The van der Waals surface area contributed by atoms with Gasteiger partial charge in [0.2, 0.25) is 0 Å². The van der Waals surface area contributed by atoms with E-state index < -0.39 is 0 Å². The van der Waals surface area contributed by atoms with Crippen molar-refractivity contribution in [1.82, 2.24) is 4.57 Å². The van der Waals surface area contributed by atoms with Gasteiger partial charge in [0.25, 0.3) is 5.56 Å². The van der Waals surface area contributed by atoms with Crippen LogP contribution < -0.4 is 10.3 Å². The first-order chi connectivity index (χ1) is 13.2. The molecule has 4 rings (SSSR count). The molecule has 0 amide bonds. The van der Waals surface area contributed by atoms with Gasteiger partial charge >= 0.3 is 0 Å². The van der Waals surface area contributed by atoms with E-state index >= 15 is 0 Å². The van der Waals surface area contributed by atoms with Crippen LogP contribution in [-0.2, 0) is 6.54 Å². The highest BCUT2D eigenvalue weighted by Crippen LogP contribution is 2.34. The fourth-order valence-corrected chi connectivity index (χ4v) is 3.58. The number of pyridine rings is 1. The Kier molecular flexibility index (Phi) is 4.51. The fourth-order valence-electron chi connectivity index (χ4n) is 3.58. The van der Waals surface area contributed by atoms with Crippen LogP contribution in [0.25, 0.3) is 22.0 Å². The molecule has 4 aromatic rings. The van der Waals surface area contributed by atoms with Crippen LogP contribution in [0.5, 0.6) is 5.75 Å². The third-order valence-corrected chi connectivity index (χ3v) is 4.99. The smallest absolute Gasteiger partial charge is 0.294 e. The van der Waals surface area contributed by atoms with Gasteiger partial charge in [-0.1, -0.05) is 72.8 Å². The predicted octanol–water partition coefficient (Wildman–Crippen LogP) is 5.03. The number of aromatic nitrogens is 1. The zero-order chi connectivity index (χ0) is 18.8. The molecule has 0 radical (unpaired) electrons. The van der Waals surface area contributed by atoms with Crippen LogP contribution in [0.15, 0.2) is 83.7 Å². The maximum atomic E-state index is 13.4. The summed E-state index contributed by atoms with van der Waals surface area (Å²) in [5, 5.41) is 1.01. The lowest BCUT2D eigenvalue weighted by Crippen LogP contribution is -2.23. The van der Waals surface area contributed by atoms with Crippen LogP contribution in [0, 0.1) is 6.92 Å². The Morgan fingerprint density at radius 2 is 1.52 bits per heavy atom. The van der Waals surface area contributed by atoms with Gasteiger partial charge in [-0.2, -0.15) is 0 Å². The Hall–Kier alpha value is -3.33. The highest BCUT2D eigenvalue weighted by molar-refractivity contribution is 5.97. The number of fused-ring (bicyclic) bond motifs is 1. The number of hydrogen-bond donors (Lipinski definition) is 0. The molecule has 3 aromatic carbocycles. The van der Waals surface area contributed by atoms with Gasteiger partial charge in [-0.25, -0.2) is 0 Å². The van der Waals surface area contributed by atoms with Crippen molar-refractivity contribution in [1.29, 1.82) is 0 Å². The normalized spacial score (nSPS) is 10.9. The summed E-state index contributed by atoms with van der Waals surface area (Å²) < 4.78 is 7.42. The second-order valence-electron chi connectivity index (χ2n) is 6.61. The topological polar surface area (TPSA) is 31.2 Å². The van der Waals surface area contributed by atoms with Crippen molar-refractivity contribution < 1.29 is 4.74 Å². The molecule has 0 N–H and O–H groups in total. The van der Waals surface area contributed by atoms with Crippen molar-refractivity contribution >= 4 is 10.9 Å². The van der Waals surface area contributed by atoms with E-state index in [1.807, 2.05) is 71.3 Å². The minimum atomic E-state index is -0.113. The number of aryl methyl sites for hydroxylation is 1. The molecular formula is C24H21NO2. The van der Waals surface area contributed by atoms with Crippen LogP contribution in [-0.4, -0.2) is 11.7 Å². The Balaban J connectivity index is 2.04. The van der Waals surface area contributed by atoms with Gasteiger partial charge in [0.05, 0.1) is 19.2 Å². The average molecular weight is 355 g/mol. The number of hydrogen-bond acceptors (Lipinski definition) is 2. The number of nitrogens with zero attached hydrogens (tertiary/aromatic N) is 1. The third-order valence-electron chi connectivity index (χ3n) is 4.99. The van der Waals surface area contributed by atoms with Crippen LogP contribution >= 0.6 is 0 Å². The van der Waals surface area contributed by atoms with Gasteiger partial charge in [0.1, 0.15) is 0 Å². The third kappa shape index (κ3) is 3.02. The van der Waals surface area contributed by atoms with E-state index in [4.69, 9.17) is 4.74 Å². The Labute approximate surface area is 158 Å². The molecule has 0 atom stereocenters. The van der Waals surface area contributed by atoms with Gasteiger partial charge < -0.3 is 9.30 Å². The summed E-state index contributed by atoms with van der Waals surface area (Å²) >= 11 is 0. The molecule has 1 aromatic heterocycles. The number of para-hydroxylation sites is 1. The van der Waals surface area contributed by atoms with Gasteiger partial charge in [0.15, 0.2) is 5.75 Å². The van der Waals surface area contributed by atoms with E-state index in [-0.39, 0.29) is 5.56 Å². The molecule has 0 fully saturated rings. The average Bonchev–Trinajstić information content (AvgIpc) is 2.71. The summed E-state index contributed by atoms with van der Waals surface area (Å²) in [4.78, 5) is 13.4. The maximum absolute atomic E-state index is 13.4. The molecule has 0 aliphatic heterocycles. The molecule has 0 aliphatic carbocycles. The molecule has 0 unspecified atom stereocenters. The van der Waals surface area contributed by atoms with E-state index in [0.29, 0.717) is 12.3 Å². The van der Waals surface area contributed by atoms with E-state index in [0.717, 1.165) is 27.6 Å². The van der Waals surface area contributed by atoms with Crippen molar-refractivity contribution in [2.24, 2.45) is 0 Å². The minimum absolute atomic E-state index is 0.113. The highest BCUT2D eigenvalue weighted by atomic mass is 16.5. The number of benzene rings is 3. The Morgan fingerprint density at radius 3 is 2.26 bits per heavy atom. The zero-order valence-corrected chi connectivity index (χ0v) is 15.5. The van der Waals surface area contributed by atoms with Crippen molar-refractivity contribution in [3.8, 4) is 16.9 Å². The molecule has 1 heterocycles. The van der Waals surface area contributed by atoms with Crippen molar-refractivity contribution in [3.63, 3.8) is 0 Å². The van der Waals surface area contributed by atoms with E-state index in [2.05, 4.69) is 19.1 Å². The summed E-state index contributed by atoms with van der Waals surface area (Å²) in [5.41, 5.74) is 4.91. The summed E-state index contributed by atoms with van der Waals surface area (Å²) in [6, 6.07) is 26.1. The van der Waals surface area contributed by atoms with Crippen molar-refractivity contribution in [2.45, 2.75) is 13.5 Å². The van der Waals surface area contributed by atoms with Crippen molar-refractivity contribution in [3.05, 3.63) is 100 Å². The molecule has 134 valence electrons. The van der Waals surface area contributed by atoms with Crippen molar-refractivity contribution in [2.75, 3.05) is 7.11 Å². The second kappa shape index (κ2) is 7.12. The molecule has 0 spiro atoms. The standard InChI is InChI=1S/C24H21NO2/c1-17-10-6-7-13-19(17)16-25-21-15-9-8-14-20(21)22(23(27-2)24(25)26)18-11-4-3-5-12-18/h3-15H,16H2,1-2H3. The highest BCUT2D eigenvalue weighted by Gasteiger charge is 2.19. The van der Waals surface area contributed by atoms with Crippen LogP contribution in [0.4, 0.5) is 0 Å². The van der Waals surface area contributed by atoms with Gasteiger partial charge in [-0.05, 0) is 29.7 Å². The Bertz CT molecular complexity index is 1160. The van der Waals surface area contributed by atoms with Crippen LogP contribution in [0.1, 0.15) is 11.1 Å². The number of rotatable bonds is 4. The second-order valence-corrected chi connectivity index (χ2v) is 6.61. The largest absolute Gasteiger partial charge is 0.491 e. The quantitative estimate of drug-likeness (QED) is 0.514.